The number of phenols is 2. The molecule has 0 fully saturated rings. The molecule has 2 rings (SSSR count). The number of phenolic OH excluding ortho intramolecular Hbond substituents is 2. The number of rotatable bonds is 5. The Balaban J connectivity index is 2.53. The Hall–Kier alpha value is -2.52. The topological polar surface area (TPSA) is 40.5 Å². The summed E-state index contributed by atoms with van der Waals surface area (Å²) in [4.78, 5) is 0. The molecule has 0 aliphatic carbocycles. The van der Waals surface area contributed by atoms with Crippen molar-refractivity contribution in [1.29, 1.82) is 0 Å². The Bertz CT molecular complexity index is 702. The molecule has 2 aromatic carbocycles. The van der Waals surface area contributed by atoms with Crippen LogP contribution in [0.4, 0.5) is 35.1 Å². The van der Waals surface area contributed by atoms with Crippen LogP contribution in [0.5, 0.6) is 11.5 Å². The first-order valence-corrected chi connectivity index (χ1v) is 6.85. The monoisotopic (exact) mass is 386 g/mol. The Kier molecular flexibility index (Phi) is 4.59. The second-order valence-electron chi connectivity index (χ2n) is 5.39. The molecular weight excluding hydrogens is 376 g/mol. The van der Waals surface area contributed by atoms with E-state index in [0.29, 0.717) is 24.3 Å². The molecule has 0 heterocycles. The summed E-state index contributed by atoms with van der Waals surface area (Å²) in [5.74, 6) is -25.6. The normalized spacial score (nSPS) is 13.7. The minimum atomic E-state index is -6.49. The van der Waals surface area contributed by atoms with Crippen LogP contribution in [0.15, 0.2) is 48.5 Å². The predicted molar refractivity (Wildman–Crippen MR) is 73.9 cm³/mol. The Labute approximate surface area is 141 Å². The van der Waals surface area contributed by atoms with E-state index in [0.717, 1.165) is 0 Å². The fourth-order valence-corrected chi connectivity index (χ4v) is 2.10. The van der Waals surface area contributed by atoms with Crippen LogP contribution in [-0.2, 0) is 11.8 Å². The smallest absolute Gasteiger partial charge is 0.382 e. The maximum atomic E-state index is 14.0. The highest BCUT2D eigenvalue weighted by molar-refractivity contribution is 5.34. The van der Waals surface area contributed by atoms with Crippen molar-refractivity contribution in [3.63, 3.8) is 0 Å². The number of hydrogen-bond donors (Lipinski definition) is 2. The van der Waals surface area contributed by atoms with Crippen LogP contribution in [0.1, 0.15) is 11.1 Å². The standard InChI is InChI=1S/C16H10F8O2/c17-13(18,9-1-5-11(25)6-2-9)15(21,22)16(23,24)14(19,20)10-3-7-12(26)8-4-10/h1-8,25-26H. The second-order valence-corrected chi connectivity index (χ2v) is 5.39. The van der Waals surface area contributed by atoms with Gasteiger partial charge in [0.15, 0.2) is 0 Å². The second kappa shape index (κ2) is 6.03. The minimum absolute atomic E-state index is 0.220. The van der Waals surface area contributed by atoms with Crippen molar-refractivity contribution in [3.05, 3.63) is 59.7 Å². The molecule has 0 aliphatic heterocycles. The summed E-state index contributed by atoms with van der Waals surface area (Å²) in [6.45, 7) is 0. The average Bonchev–Trinajstić information content (AvgIpc) is 2.55. The number of alkyl halides is 8. The quantitative estimate of drug-likeness (QED) is 0.689. The lowest BCUT2D eigenvalue weighted by molar-refractivity contribution is -0.374. The van der Waals surface area contributed by atoms with Crippen molar-refractivity contribution in [1.82, 2.24) is 0 Å². The zero-order chi connectivity index (χ0) is 20.0. The van der Waals surface area contributed by atoms with Gasteiger partial charge in [0.2, 0.25) is 0 Å². The first kappa shape index (κ1) is 19.8. The number of aromatic hydroxyl groups is 2. The number of hydrogen-bond acceptors (Lipinski definition) is 2. The Morgan fingerprint density at radius 2 is 0.692 bits per heavy atom. The highest BCUT2D eigenvalue weighted by atomic mass is 19.4. The van der Waals surface area contributed by atoms with Crippen LogP contribution in [0.2, 0.25) is 0 Å². The van der Waals surface area contributed by atoms with Crippen molar-refractivity contribution in [2.75, 3.05) is 0 Å². The van der Waals surface area contributed by atoms with Gasteiger partial charge in [-0.25, -0.2) is 0 Å². The van der Waals surface area contributed by atoms with Gasteiger partial charge in [-0.2, -0.15) is 35.1 Å². The Morgan fingerprint density at radius 1 is 0.462 bits per heavy atom. The van der Waals surface area contributed by atoms with E-state index in [4.69, 9.17) is 10.2 Å². The van der Waals surface area contributed by atoms with E-state index in [2.05, 4.69) is 0 Å². The fourth-order valence-electron chi connectivity index (χ4n) is 2.10. The fraction of sp³-hybridized carbons (Fsp3) is 0.250. The molecule has 26 heavy (non-hydrogen) atoms. The third kappa shape index (κ3) is 2.82. The molecule has 0 aromatic heterocycles. The van der Waals surface area contributed by atoms with Gasteiger partial charge in [0.25, 0.3) is 0 Å². The largest absolute Gasteiger partial charge is 0.508 e. The minimum Gasteiger partial charge on any atom is -0.508 e. The van der Waals surface area contributed by atoms with Crippen molar-refractivity contribution in [2.24, 2.45) is 0 Å². The zero-order valence-corrected chi connectivity index (χ0v) is 12.5. The van der Waals surface area contributed by atoms with Gasteiger partial charge in [0.1, 0.15) is 11.5 Å². The first-order valence-electron chi connectivity index (χ1n) is 6.85. The van der Waals surface area contributed by atoms with Crippen LogP contribution in [0, 0.1) is 0 Å². The molecule has 2 nitrogen and oxygen atoms in total. The summed E-state index contributed by atoms with van der Waals surface area (Å²) in [5.41, 5.74) is -3.36. The van der Waals surface area contributed by atoms with E-state index < -0.39 is 46.3 Å². The van der Waals surface area contributed by atoms with E-state index in [9.17, 15) is 35.1 Å². The van der Waals surface area contributed by atoms with Crippen LogP contribution in [0.25, 0.3) is 0 Å². The average molecular weight is 386 g/mol. The molecule has 0 saturated carbocycles. The van der Waals surface area contributed by atoms with Gasteiger partial charge in [0, 0.05) is 11.1 Å². The van der Waals surface area contributed by atoms with E-state index in [-0.39, 0.29) is 24.3 Å². The van der Waals surface area contributed by atoms with E-state index in [1.165, 1.54) is 0 Å². The van der Waals surface area contributed by atoms with Crippen LogP contribution in [-0.4, -0.2) is 22.1 Å². The van der Waals surface area contributed by atoms with Gasteiger partial charge in [-0.15, -0.1) is 0 Å². The zero-order valence-electron chi connectivity index (χ0n) is 12.5. The summed E-state index contributed by atoms with van der Waals surface area (Å²) < 4.78 is 112. The van der Waals surface area contributed by atoms with E-state index >= 15 is 0 Å². The molecule has 0 unspecified atom stereocenters. The highest BCUT2D eigenvalue weighted by Crippen LogP contribution is 2.59. The van der Waals surface area contributed by atoms with Crippen molar-refractivity contribution in [2.45, 2.75) is 23.7 Å². The molecule has 10 heteroatoms. The molecule has 0 bridgehead atoms. The van der Waals surface area contributed by atoms with Crippen molar-refractivity contribution < 1.29 is 45.3 Å². The van der Waals surface area contributed by atoms with E-state index in [1.54, 1.807) is 0 Å². The molecule has 0 saturated heterocycles. The van der Waals surface area contributed by atoms with Gasteiger partial charge in [0.05, 0.1) is 0 Å². The summed E-state index contributed by atoms with van der Waals surface area (Å²) in [6.07, 6.45) is 0. The molecule has 0 atom stereocenters. The third-order valence-corrected chi connectivity index (χ3v) is 3.64. The van der Waals surface area contributed by atoms with Crippen LogP contribution >= 0.6 is 0 Å². The summed E-state index contributed by atoms with van der Waals surface area (Å²) in [7, 11) is 0. The van der Waals surface area contributed by atoms with Gasteiger partial charge >= 0.3 is 23.7 Å². The lowest BCUT2D eigenvalue weighted by Crippen LogP contribution is -2.59. The predicted octanol–water partition coefficient (Wildman–Crippen LogP) is 5.25. The lowest BCUT2D eigenvalue weighted by Gasteiger charge is -2.37. The summed E-state index contributed by atoms with van der Waals surface area (Å²) in [5, 5.41) is 17.9. The summed E-state index contributed by atoms with van der Waals surface area (Å²) >= 11 is 0. The molecule has 142 valence electrons. The van der Waals surface area contributed by atoms with Crippen LogP contribution < -0.4 is 0 Å². The molecule has 0 radical (unpaired) electrons. The molecule has 0 spiro atoms. The Morgan fingerprint density at radius 3 is 0.923 bits per heavy atom. The molecular formula is C16H10F8O2. The maximum Gasteiger partial charge on any atom is 0.382 e. The first-order chi connectivity index (χ1) is 11.7. The highest BCUT2D eigenvalue weighted by Gasteiger charge is 2.81. The molecule has 0 aliphatic rings. The van der Waals surface area contributed by atoms with Gasteiger partial charge < -0.3 is 10.2 Å². The van der Waals surface area contributed by atoms with E-state index in [1.807, 2.05) is 0 Å². The van der Waals surface area contributed by atoms with Crippen molar-refractivity contribution >= 4 is 0 Å². The number of halogens is 8. The number of benzene rings is 2. The third-order valence-electron chi connectivity index (χ3n) is 3.64. The molecule has 2 N–H and O–H groups in total. The lowest BCUT2D eigenvalue weighted by atomic mass is 9.90. The van der Waals surface area contributed by atoms with Crippen LogP contribution in [0.3, 0.4) is 0 Å². The van der Waals surface area contributed by atoms with Gasteiger partial charge in [-0.1, -0.05) is 0 Å². The summed E-state index contributed by atoms with van der Waals surface area (Å²) in [6, 6.07) is 2.97. The maximum absolute atomic E-state index is 14.0. The van der Waals surface area contributed by atoms with Crippen molar-refractivity contribution in [3.8, 4) is 11.5 Å². The molecule has 2 aromatic rings. The van der Waals surface area contributed by atoms with Gasteiger partial charge in [-0.3, -0.25) is 0 Å². The SMILES string of the molecule is Oc1ccc(C(F)(F)C(F)(F)C(F)(F)C(F)(F)c2ccc(O)cc2)cc1. The van der Waals surface area contributed by atoms with Gasteiger partial charge in [-0.05, 0) is 48.5 Å². The molecule has 0 amide bonds.